The summed E-state index contributed by atoms with van der Waals surface area (Å²) >= 11 is 5.85. The highest BCUT2D eigenvalue weighted by Crippen LogP contribution is 2.21. The average Bonchev–Trinajstić information content (AvgIpc) is 2.45. The Bertz CT molecular complexity index is 949. The molecule has 23 heavy (non-hydrogen) atoms. The zero-order valence-corrected chi connectivity index (χ0v) is 12.8. The number of rotatable bonds is 2. The van der Waals surface area contributed by atoms with Gasteiger partial charge in [0.05, 0.1) is 17.2 Å². The predicted molar refractivity (Wildman–Crippen MR) is 84.9 cm³/mol. The molecule has 0 spiro atoms. The van der Waals surface area contributed by atoms with Crippen molar-refractivity contribution >= 4 is 22.5 Å². The van der Waals surface area contributed by atoms with Crippen LogP contribution in [0.1, 0.15) is 18.8 Å². The van der Waals surface area contributed by atoms with Gasteiger partial charge in [-0.1, -0.05) is 17.7 Å². The van der Waals surface area contributed by atoms with Crippen molar-refractivity contribution in [3.63, 3.8) is 0 Å². The first-order valence-corrected chi connectivity index (χ1v) is 7.19. The van der Waals surface area contributed by atoms with Crippen LogP contribution in [-0.4, -0.2) is 9.55 Å². The smallest absolute Gasteiger partial charge is 0.269 e. The lowest BCUT2D eigenvalue weighted by molar-refractivity contribution is 0.622. The Kier molecular flexibility index (Phi) is 3.87. The summed E-state index contributed by atoms with van der Waals surface area (Å²) in [5.74, 6) is -1.13. The summed E-state index contributed by atoms with van der Waals surface area (Å²) in [6, 6.07) is 7.14. The van der Waals surface area contributed by atoms with Gasteiger partial charge in [0.15, 0.2) is 0 Å². The lowest BCUT2D eigenvalue weighted by Gasteiger charge is -2.16. The number of halogens is 3. The Balaban J connectivity index is 2.47. The Hall–Kier alpha value is -2.31. The van der Waals surface area contributed by atoms with Gasteiger partial charge in [-0.05, 0) is 37.3 Å². The molecule has 0 amide bonds. The molecule has 7 heteroatoms. The second-order valence-electron chi connectivity index (χ2n) is 5.16. The van der Waals surface area contributed by atoms with Crippen molar-refractivity contribution in [2.24, 2.45) is 5.73 Å². The summed E-state index contributed by atoms with van der Waals surface area (Å²) in [6.45, 7) is 1.63. The van der Waals surface area contributed by atoms with Crippen LogP contribution in [0.4, 0.5) is 8.78 Å². The molecule has 1 unspecified atom stereocenters. The van der Waals surface area contributed by atoms with Gasteiger partial charge in [-0.15, -0.1) is 0 Å². The van der Waals surface area contributed by atoms with Gasteiger partial charge >= 0.3 is 0 Å². The number of hydrogen-bond acceptors (Lipinski definition) is 3. The van der Waals surface area contributed by atoms with Gasteiger partial charge in [-0.3, -0.25) is 9.36 Å². The lowest BCUT2D eigenvalue weighted by Crippen LogP contribution is -2.28. The maximum Gasteiger partial charge on any atom is 0.269 e. The monoisotopic (exact) mass is 335 g/mol. The van der Waals surface area contributed by atoms with Crippen LogP contribution in [0.3, 0.4) is 0 Å². The van der Waals surface area contributed by atoms with Gasteiger partial charge in [0.1, 0.15) is 22.8 Å². The topological polar surface area (TPSA) is 60.9 Å². The Labute approximate surface area is 135 Å². The maximum absolute atomic E-state index is 14.0. The van der Waals surface area contributed by atoms with E-state index in [4.69, 9.17) is 17.3 Å². The second kappa shape index (κ2) is 5.72. The minimum atomic E-state index is -0.701. The molecule has 1 heterocycles. The Morgan fingerprint density at radius 3 is 2.65 bits per heavy atom. The average molecular weight is 336 g/mol. The molecule has 1 aromatic heterocycles. The van der Waals surface area contributed by atoms with E-state index in [1.807, 2.05) is 0 Å². The van der Waals surface area contributed by atoms with E-state index in [-0.39, 0.29) is 27.4 Å². The molecule has 0 fully saturated rings. The molecule has 0 radical (unpaired) electrons. The van der Waals surface area contributed by atoms with Crippen molar-refractivity contribution < 1.29 is 8.78 Å². The summed E-state index contributed by atoms with van der Waals surface area (Å²) in [6.07, 6.45) is 0. The summed E-state index contributed by atoms with van der Waals surface area (Å²) < 4.78 is 28.8. The number of aromatic nitrogens is 2. The van der Waals surface area contributed by atoms with Crippen molar-refractivity contribution in [1.82, 2.24) is 9.55 Å². The second-order valence-corrected chi connectivity index (χ2v) is 5.60. The third-order valence-corrected chi connectivity index (χ3v) is 3.60. The first-order chi connectivity index (χ1) is 10.9. The fourth-order valence-electron chi connectivity index (χ4n) is 2.43. The molecule has 0 bridgehead atoms. The van der Waals surface area contributed by atoms with Gasteiger partial charge in [-0.2, -0.15) is 0 Å². The van der Waals surface area contributed by atoms with Gasteiger partial charge in [0, 0.05) is 5.02 Å². The van der Waals surface area contributed by atoms with E-state index < -0.39 is 23.2 Å². The summed E-state index contributed by atoms with van der Waals surface area (Å²) in [5.41, 5.74) is 5.56. The molecule has 3 rings (SSSR count). The molecule has 0 saturated carbocycles. The fraction of sp³-hybridized carbons (Fsp3) is 0.125. The third kappa shape index (κ3) is 2.71. The molecule has 2 N–H and O–H groups in total. The summed E-state index contributed by atoms with van der Waals surface area (Å²) in [7, 11) is 0. The SMILES string of the molecule is CC(N)c1nc2cccc(F)c2c(=O)n1-c1cc(F)cc(Cl)c1. The van der Waals surface area contributed by atoms with Crippen LogP contribution >= 0.6 is 11.6 Å². The lowest BCUT2D eigenvalue weighted by atomic mass is 10.2. The van der Waals surface area contributed by atoms with Crippen LogP contribution in [0.2, 0.25) is 5.02 Å². The highest BCUT2D eigenvalue weighted by Gasteiger charge is 2.18. The highest BCUT2D eigenvalue weighted by molar-refractivity contribution is 6.30. The first kappa shape index (κ1) is 15.6. The van der Waals surface area contributed by atoms with Crippen molar-refractivity contribution in [1.29, 1.82) is 0 Å². The molecule has 0 aliphatic carbocycles. The molecule has 2 aromatic carbocycles. The number of benzene rings is 2. The minimum Gasteiger partial charge on any atom is -0.322 e. The zero-order valence-electron chi connectivity index (χ0n) is 12.1. The Morgan fingerprint density at radius 1 is 1.26 bits per heavy atom. The summed E-state index contributed by atoms with van der Waals surface area (Å²) in [4.78, 5) is 17.0. The molecular formula is C16H12ClF2N3O. The van der Waals surface area contributed by atoms with E-state index in [0.29, 0.717) is 0 Å². The van der Waals surface area contributed by atoms with Crippen LogP contribution < -0.4 is 11.3 Å². The highest BCUT2D eigenvalue weighted by atomic mass is 35.5. The number of nitrogens with zero attached hydrogens (tertiary/aromatic N) is 2. The van der Waals surface area contributed by atoms with E-state index in [0.717, 1.165) is 16.7 Å². The molecule has 1 atom stereocenters. The molecule has 3 aromatic rings. The van der Waals surface area contributed by atoms with E-state index in [9.17, 15) is 13.6 Å². The maximum atomic E-state index is 14.0. The number of fused-ring (bicyclic) bond motifs is 1. The van der Waals surface area contributed by atoms with E-state index in [1.165, 1.54) is 24.3 Å². The summed E-state index contributed by atoms with van der Waals surface area (Å²) in [5, 5.41) is -0.0755. The van der Waals surface area contributed by atoms with Crippen LogP contribution in [0.15, 0.2) is 41.2 Å². The molecule has 0 aliphatic heterocycles. The number of hydrogen-bond donors (Lipinski definition) is 1. The molecule has 0 aliphatic rings. The van der Waals surface area contributed by atoms with Crippen molar-refractivity contribution in [3.8, 4) is 5.69 Å². The third-order valence-electron chi connectivity index (χ3n) is 3.39. The van der Waals surface area contributed by atoms with Crippen molar-refractivity contribution in [3.05, 3.63) is 69.2 Å². The predicted octanol–water partition coefficient (Wildman–Crippen LogP) is 3.34. The van der Waals surface area contributed by atoms with Crippen LogP contribution in [0, 0.1) is 11.6 Å². The van der Waals surface area contributed by atoms with Crippen molar-refractivity contribution in [2.75, 3.05) is 0 Å². The van der Waals surface area contributed by atoms with Crippen LogP contribution in [-0.2, 0) is 0 Å². The minimum absolute atomic E-state index is 0.108. The van der Waals surface area contributed by atoms with E-state index >= 15 is 0 Å². The molecule has 0 saturated heterocycles. The Morgan fingerprint density at radius 2 is 2.00 bits per heavy atom. The quantitative estimate of drug-likeness (QED) is 0.781. The van der Waals surface area contributed by atoms with Crippen LogP contribution in [0.25, 0.3) is 16.6 Å². The molecule has 4 nitrogen and oxygen atoms in total. The van der Waals surface area contributed by atoms with Crippen molar-refractivity contribution in [2.45, 2.75) is 13.0 Å². The standard InChI is InChI=1S/C16H12ClF2N3O/c1-8(20)15-21-13-4-2-3-12(19)14(13)16(23)22(15)11-6-9(17)5-10(18)7-11/h2-8H,20H2,1H3. The largest absolute Gasteiger partial charge is 0.322 e. The molecular weight excluding hydrogens is 324 g/mol. The van der Waals surface area contributed by atoms with E-state index in [1.54, 1.807) is 6.92 Å². The zero-order chi connectivity index (χ0) is 16.7. The number of nitrogens with two attached hydrogens (primary N) is 1. The normalized spacial score (nSPS) is 12.6. The van der Waals surface area contributed by atoms with Crippen LogP contribution in [0.5, 0.6) is 0 Å². The first-order valence-electron chi connectivity index (χ1n) is 6.81. The fourth-order valence-corrected chi connectivity index (χ4v) is 2.65. The van der Waals surface area contributed by atoms with E-state index in [2.05, 4.69) is 4.98 Å². The molecule has 118 valence electrons. The van der Waals surface area contributed by atoms with Gasteiger partial charge in [0.25, 0.3) is 5.56 Å². The van der Waals surface area contributed by atoms with Gasteiger partial charge in [-0.25, -0.2) is 13.8 Å². The van der Waals surface area contributed by atoms with Gasteiger partial charge < -0.3 is 5.73 Å². The van der Waals surface area contributed by atoms with Gasteiger partial charge in [0.2, 0.25) is 0 Å².